The Balaban J connectivity index is 1.86. The van der Waals surface area contributed by atoms with E-state index in [2.05, 4.69) is 21.9 Å². The van der Waals surface area contributed by atoms with Crippen LogP contribution < -0.4 is 10.5 Å². The largest absolute Gasteiger partial charge is 0.463 e. The number of nitrogen functional groups attached to an aromatic ring is 1. The number of hydrogen-bond acceptors (Lipinski definition) is 6. The Bertz CT molecular complexity index is 985. The van der Waals surface area contributed by atoms with Crippen LogP contribution in [0.2, 0.25) is 0 Å². The van der Waals surface area contributed by atoms with E-state index in [-0.39, 0.29) is 18.0 Å². The van der Waals surface area contributed by atoms with E-state index in [0.717, 1.165) is 18.4 Å². The van der Waals surface area contributed by atoms with Gasteiger partial charge < -0.3 is 24.8 Å². The van der Waals surface area contributed by atoms with E-state index in [9.17, 15) is 4.57 Å². The van der Waals surface area contributed by atoms with E-state index >= 15 is 0 Å². The third kappa shape index (κ3) is 5.03. The molecule has 3 rings (SSSR count). The first-order chi connectivity index (χ1) is 12.9. The quantitative estimate of drug-likeness (QED) is 0.393. The Kier molecular flexibility index (Phi) is 5.74. The number of benzene rings is 1. The van der Waals surface area contributed by atoms with E-state index in [4.69, 9.17) is 20.3 Å². The van der Waals surface area contributed by atoms with Crippen LogP contribution >= 0.6 is 7.60 Å². The fourth-order valence-electron chi connectivity index (χ4n) is 2.69. The summed E-state index contributed by atoms with van der Waals surface area (Å²) in [5.74, 6) is 0.250. The standard InChI is InChI=1S/C17H22N5O4P/c1-2-3-7-26-17-20-15(18)14-16(21-17)22(11-19-14)9-12-5-4-6-13(8-12)10-27(23,24)25/h4-6,8,11H,2-3,7,9-10H2,1H3,(H2,18,20,21)(H2,23,24,25). The average Bonchev–Trinajstić information content (AvgIpc) is 2.97. The maximum Gasteiger partial charge on any atom is 0.329 e. The topological polar surface area (TPSA) is 136 Å². The second kappa shape index (κ2) is 8.04. The number of unbranched alkanes of at least 4 members (excludes halogenated alkanes) is 1. The van der Waals surface area contributed by atoms with Crippen LogP contribution in [0.5, 0.6) is 6.01 Å². The average molecular weight is 391 g/mol. The molecular formula is C17H22N5O4P. The number of fused-ring (bicyclic) bond motifs is 1. The summed E-state index contributed by atoms with van der Waals surface area (Å²) in [6.45, 7) is 3.01. The first-order valence-corrected chi connectivity index (χ1v) is 10.4. The van der Waals surface area contributed by atoms with Crippen LogP contribution in [0.1, 0.15) is 30.9 Å². The first-order valence-electron chi connectivity index (χ1n) is 8.59. The highest BCUT2D eigenvalue weighted by atomic mass is 31.2. The van der Waals surface area contributed by atoms with Crippen molar-refractivity contribution in [1.29, 1.82) is 0 Å². The molecule has 9 nitrogen and oxygen atoms in total. The van der Waals surface area contributed by atoms with Gasteiger partial charge >= 0.3 is 13.6 Å². The summed E-state index contributed by atoms with van der Waals surface area (Å²) in [5.41, 5.74) is 8.45. The SMILES string of the molecule is CCCCOc1nc(N)c2ncn(Cc3cccc(CP(=O)(O)O)c3)c2n1. The minimum absolute atomic E-state index is 0.213. The summed E-state index contributed by atoms with van der Waals surface area (Å²) in [5, 5.41) is 0. The molecule has 0 atom stereocenters. The van der Waals surface area contributed by atoms with E-state index in [1.165, 1.54) is 0 Å². The number of imidazole rings is 1. The Morgan fingerprint density at radius 1 is 1.26 bits per heavy atom. The van der Waals surface area contributed by atoms with Crippen molar-refractivity contribution in [3.8, 4) is 6.01 Å². The lowest BCUT2D eigenvalue weighted by atomic mass is 10.1. The molecule has 4 N–H and O–H groups in total. The Morgan fingerprint density at radius 2 is 2.04 bits per heavy atom. The number of hydrogen-bond donors (Lipinski definition) is 3. The molecule has 0 fully saturated rings. The molecule has 0 unspecified atom stereocenters. The lowest BCUT2D eigenvalue weighted by Crippen LogP contribution is -2.06. The molecule has 1 aromatic carbocycles. The third-order valence-corrected chi connectivity index (χ3v) is 4.71. The van der Waals surface area contributed by atoms with Crippen LogP contribution in [-0.2, 0) is 17.3 Å². The molecule has 0 spiro atoms. The summed E-state index contributed by atoms with van der Waals surface area (Å²) in [6, 6.07) is 7.30. The second-order valence-corrected chi connectivity index (χ2v) is 7.93. The maximum absolute atomic E-state index is 11.2. The minimum atomic E-state index is -4.12. The normalized spacial score (nSPS) is 11.8. The molecule has 27 heavy (non-hydrogen) atoms. The van der Waals surface area contributed by atoms with Crippen LogP contribution in [0.3, 0.4) is 0 Å². The highest BCUT2D eigenvalue weighted by Crippen LogP contribution is 2.39. The summed E-state index contributed by atoms with van der Waals surface area (Å²) in [4.78, 5) is 31.1. The highest BCUT2D eigenvalue weighted by Gasteiger charge is 2.15. The number of anilines is 1. The van der Waals surface area contributed by atoms with Crippen LogP contribution in [0.4, 0.5) is 5.82 Å². The van der Waals surface area contributed by atoms with Gasteiger partial charge in [-0.2, -0.15) is 9.97 Å². The molecular weight excluding hydrogens is 369 g/mol. The number of aromatic nitrogens is 4. The van der Waals surface area contributed by atoms with Crippen molar-refractivity contribution >= 4 is 24.6 Å². The van der Waals surface area contributed by atoms with Crippen LogP contribution in [-0.4, -0.2) is 35.9 Å². The monoisotopic (exact) mass is 391 g/mol. The molecule has 0 saturated heterocycles. The smallest absolute Gasteiger partial charge is 0.329 e. The van der Waals surface area contributed by atoms with Gasteiger partial charge in [0.1, 0.15) is 0 Å². The molecule has 0 bridgehead atoms. The summed E-state index contributed by atoms with van der Waals surface area (Å²) >= 11 is 0. The lowest BCUT2D eigenvalue weighted by molar-refractivity contribution is 0.286. The van der Waals surface area contributed by atoms with Gasteiger partial charge in [0, 0.05) is 0 Å². The maximum atomic E-state index is 11.2. The molecule has 0 radical (unpaired) electrons. The zero-order valence-corrected chi connectivity index (χ0v) is 15.8. The van der Waals surface area contributed by atoms with Gasteiger partial charge in [0.25, 0.3) is 0 Å². The molecule has 2 heterocycles. The van der Waals surface area contributed by atoms with Crippen molar-refractivity contribution in [3.05, 3.63) is 41.7 Å². The number of rotatable bonds is 8. The summed E-state index contributed by atoms with van der Waals surface area (Å²) in [6.07, 6.45) is 3.21. The van der Waals surface area contributed by atoms with E-state index < -0.39 is 7.60 Å². The molecule has 0 saturated carbocycles. The predicted octanol–water partition coefficient (Wildman–Crippen LogP) is 2.31. The van der Waals surface area contributed by atoms with Crippen LogP contribution in [0.15, 0.2) is 30.6 Å². The summed E-state index contributed by atoms with van der Waals surface area (Å²) in [7, 11) is -4.12. The van der Waals surface area contributed by atoms with Crippen molar-refractivity contribution in [1.82, 2.24) is 19.5 Å². The zero-order valence-electron chi connectivity index (χ0n) is 14.9. The van der Waals surface area contributed by atoms with Gasteiger partial charge in [0.05, 0.1) is 25.6 Å². The van der Waals surface area contributed by atoms with E-state index in [1.54, 1.807) is 29.1 Å². The van der Waals surface area contributed by atoms with Crippen LogP contribution in [0, 0.1) is 0 Å². The number of ether oxygens (including phenoxy) is 1. The molecule has 144 valence electrons. The Morgan fingerprint density at radius 3 is 2.78 bits per heavy atom. The van der Waals surface area contributed by atoms with Crippen LogP contribution in [0.25, 0.3) is 11.2 Å². The molecule has 0 aliphatic rings. The van der Waals surface area contributed by atoms with Gasteiger partial charge in [0.2, 0.25) is 0 Å². The molecule has 0 aliphatic heterocycles. The van der Waals surface area contributed by atoms with Gasteiger partial charge in [-0.25, -0.2) is 4.98 Å². The number of nitrogens with two attached hydrogens (primary N) is 1. The third-order valence-electron chi connectivity index (χ3n) is 3.93. The van der Waals surface area contributed by atoms with Gasteiger partial charge in [-0.15, -0.1) is 0 Å². The molecule has 10 heteroatoms. The minimum Gasteiger partial charge on any atom is -0.463 e. The predicted molar refractivity (Wildman–Crippen MR) is 101 cm³/mol. The lowest BCUT2D eigenvalue weighted by Gasteiger charge is -2.09. The van der Waals surface area contributed by atoms with Gasteiger partial charge in [-0.1, -0.05) is 37.6 Å². The van der Waals surface area contributed by atoms with Crippen molar-refractivity contribution in [2.75, 3.05) is 12.3 Å². The van der Waals surface area contributed by atoms with Crippen molar-refractivity contribution in [2.45, 2.75) is 32.5 Å². The number of nitrogens with zero attached hydrogens (tertiary/aromatic N) is 4. The molecule has 0 amide bonds. The van der Waals surface area contributed by atoms with E-state index in [0.29, 0.717) is 29.9 Å². The molecule has 3 aromatic rings. The first kappa shape index (κ1) is 19.3. The van der Waals surface area contributed by atoms with Gasteiger partial charge in [-0.05, 0) is 17.5 Å². The van der Waals surface area contributed by atoms with Crippen molar-refractivity contribution < 1.29 is 19.1 Å². The Hall–Kier alpha value is -2.48. The second-order valence-electron chi connectivity index (χ2n) is 6.28. The fraction of sp³-hybridized carbons (Fsp3) is 0.353. The summed E-state index contributed by atoms with van der Waals surface area (Å²) < 4.78 is 18.6. The van der Waals surface area contributed by atoms with Crippen molar-refractivity contribution in [2.24, 2.45) is 0 Å². The molecule has 2 aromatic heterocycles. The van der Waals surface area contributed by atoms with E-state index in [1.807, 2.05) is 6.07 Å². The molecule has 0 aliphatic carbocycles. The highest BCUT2D eigenvalue weighted by molar-refractivity contribution is 7.50. The fourth-order valence-corrected chi connectivity index (χ4v) is 3.37. The zero-order chi connectivity index (χ0) is 19.4. The van der Waals surface area contributed by atoms with Gasteiger partial charge in [-0.3, -0.25) is 4.57 Å². The Labute approximate surface area is 156 Å². The van der Waals surface area contributed by atoms with Crippen molar-refractivity contribution in [3.63, 3.8) is 0 Å². The van der Waals surface area contributed by atoms with Gasteiger partial charge in [0.15, 0.2) is 17.0 Å².